The molecule has 0 saturated carbocycles. The predicted molar refractivity (Wildman–Crippen MR) is 440 cm³/mol. The van der Waals surface area contributed by atoms with E-state index in [-0.39, 0.29) is 0 Å². The number of nitrogens with zero attached hydrogens (tertiary/aromatic N) is 2. The number of hydrogen-bond acceptors (Lipinski definition) is 2. The van der Waals surface area contributed by atoms with Crippen molar-refractivity contribution in [3.8, 4) is 44.5 Å². The number of aromatic nitrogens is 2. The molecule has 0 atom stereocenters. The van der Waals surface area contributed by atoms with Gasteiger partial charge in [-0.15, -0.1) is 0 Å². The Morgan fingerprint density at radius 3 is 0.625 bits per heavy atom. The van der Waals surface area contributed by atoms with Crippen molar-refractivity contribution in [3.63, 3.8) is 0 Å². The Balaban J connectivity index is 1.24. The Morgan fingerprint density at radius 2 is 0.375 bits per heavy atom. The van der Waals surface area contributed by atoms with Gasteiger partial charge in [-0.25, -0.2) is 9.98 Å². The van der Waals surface area contributed by atoms with Crippen molar-refractivity contribution in [1.29, 1.82) is 0 Å². The fourth-order valence-electron chi connectivity index (χ4n) is 14.6. The minimum Gasteiger partial charge on any atom is -0.353 e. The second-order valence-electron chi connectivity index (χ2n) is 25.4. The van der Waals surface area contributed by atoms with Crippen LogP contribution in [0.1, 0.15) is 55.9 Å². The molecule has 2 aliphatic heterocycles. The number of nitrogens with one attached hydrogen (secondary N) is 2. The van der Waals surface area contributed by atoms with E-state index in [0.29, 0.717) is 63.0 Å². The van der Waals surface area contributed by atoms with Crippen molar-refractivity contribution in [2.24, 2.45) is 9.98 Å². The van der Waals surface area contributed by atoms with Crippen molar-refractivity contribution >= 4 is 149 Å². The third-order valence-corrected chi connectivity index (χ3v) is 21.2. The molecule has 104 heavy (non-hydrogen) atoms. The van der Waals surface area contributed by atoms with Crippen LogP contribution in [0.15, 0.2) is 337 Å². The molecule has 12 heteroatoms. The first-order valence-corrected chi connectivity index (χ1v) is 36.6. The summed E-state index contributed by atoms with van der Waals surface area (Å²) in [4.78, 5) is 21.6. The van der Waals surface area contributed by atoms with Gasteiger partial charge < -0.3 is 9.97 Å². The quantitative estimate of drug-likeness (QED) is 0.122. The zero-order valence-corrected chi connectivity index (χ0v) is 61.0. The smallest absolute Gasteiger partial charge is 0.0822 e. The summed E-state index contributed by atoms with van der Waals surface area (Å²) in [5, 5.41) is 6.05. The molecule has 0 radical (unpaired) electrons. The lowest BCUT2D eigenvalue weighted by atomic mass is 9.83. The van der Waals surface area contributed by atoms with E-state index in [4.69, 9.17) is 103 Å². The average molecular weight is 1500 g/mol. The molecule has 1 aliphatic carbocycles. The van der Waals surface area contributed by atoms with Gasteiger partial charge in [0, 0.05) is 107 Å². The van der Waals surface area contributed by atoms with Crippen LogP contribution in [0, 0.1) is 0 Å². The van der Waals surface area contributed by atoms with Crippen LogP contribution in [0.2, 0.25) is 40.2 Å². The first-order valence-electron chi connectivity index (χ1n) is 33.6. The maximum Gasteiger partial charge on any atom is 0.0822 e. The molecule has 0 fully saturated rings. The van der Waals surface area contributed by atoms with Crippen LogP contribution in [0.25, 0.3) is 89.1 Å². The average Bonchev–Trinajstić information content (AvgIpc) is 1.55. The molecule has 0 spiro atoms. The van der Waals surface area contributed by atoms with Crippen LogP contribution < -0.4 is 10.7 Å². The van der Waals surface area contributed by atoms with Crippen LogP contribution >= 0.6 is 92.8 Å². The normalized spacial score (nSPS) is 13.7. The number of allylic oxidation sites excluding steroid dienone is 4. The molecule has 498 valence electrons. The lowest BCUT2D eigenvalue weighted by Gasteiger charge is -2.17. The van der Waals surface area contributed by atoms with Gasteiger partial charge in [0.25, 0.3) is 0 Å². The second-order valence-corrected chi connectivity index (χ2v) is 28.9. The number of halogens is 8. The van der Waals surface area contributed by atoms with Gasteiger partial charge in [-0.1, -0.05) is 311 Å². The van der Waals surface area contributed by atoms with Crippen molar-refractivity contribution in [2.75, 3.05) is 0 Å². The molecule has 0 unspecified atom stereocenters. The van der Waals surface area contributed by atoms with Crippen LogP contribution in [0.3, 0.4) is 0 Å². The number of benzene rings is 12. The number of aromatic amines is 2. The molecular weight excluding hydrogens is 1440 g/mol. The van der Waals surface area contributed by atoms with Crippen LogP contribution in [-0.4, -0.2) is 21.4 Å². The van der Waals surface area contributed by atoms with Crippen molar-refractivity contribution in [2.45, 2.75) is 0 Å². The number of hydrogen-bond donors (Lipinski definition) is 2. The summed E-state index contributed by atoms with van der Waals surface area (Å²) < 4.78 is 0. The third kappa shape index (κ3) is 12.5. The highest BCUT2D eigenvalue weighted by Gasteiger charge is 2.40. The Bertz CT molecular complexity index is 5670. The molecule has 2 aromatic heterocycles. The lowest BCUT2D eigenvalue weighted by molar-refractivity contribution is 1.25. The third-order valence-electron chi connectivity index (χ3n) is 19.2. The van der Waals surface area contributed by atoms with Gasteiger partial charge in [-0.2, -0.15) is 0 Å². The zero-order valence-electron chi connectivity index (χ0n) is 54.9. The molecular formula is C92H54Cl8N4. The number of aliphatic imine (C=N–C) groups is 2. The van der Waals surface area contributed by atoms with E-state index in [9.17, 15) is 0 Å². The molecule has 4 heterocycles. The van der Waals surface area contributed by atoms with E-state index in [2.05, 4.69) is 204 Å². The highest BCUT2D eigenvalue weighted by atomic mass is 35.5. The SMILES string of the molecule is Clc1ccc(C2=C(c3ccc(Cl)cc3)C3=C(c4ccccc4)c4[nH]c(c(-c5ccc(Cl)cc5)c4-c4ccc(Cl)cc4)C(c4ccccc4)=C4N=C(C(c5ccc(Cl)cc5)=C4c4ccc(Cl)cc4)C(c4ccccc4)=c4[nH]c(c(-c5ccc(Cl)cc5)c4-c4ccc(Cl)cc4)=C(c4ccccc4)C2=N3)cc1. The summed E-state index contributed by atoms with van der Waals surface area (Å²) in [6.45, 7) is 0. The molecule has 12 aromatic carbocycles. The first-order chi connectivity index (χ1) is 50.9. The van der Waals surface area contributed by atoms with Gasteiger partial charge >= 0.3 is 0 Å². The molecule has 14 aromatic rings. The predicted octanol–water partition coefficient (Wildman–Crippen LogP) is 26.0. The summed E-state index contributed by atoms with van der Waals surface area (Å²) in [7, 11) is 0. The molecule has 0 saturated heterocycles. The highest BCUT2D eigenvalue weighted by molar-refractivity contribution is 6.53. The Morgan fingerprint density at radius 1 is 0.173 bits per heavy atom. The maximum atomic E-state index is 7.02. The Kier molecular flexibility index (Phi) is 18.2. The van der Waals surface area contributed by atoms with Gasteiger partial charge in [0.2, 0.25) is 0 Å². The van der Waals surface area contributed by atoms with Gasteiger partial charge in [0.15, 0.2) is 0 Å². The maximum absolute atomic E-state index is 7.02. The van der Waals surface area contributed by atoms with Crippen molar-refractivity contribution in [1.82, 2.24) is 9.97 Å². The van der Waals surface area contributed by atoms with E-state index in [0.717, 1.165) is 156 Å². The summed E-state index contributed by atoms with van der Waals surface area (Å²) in [5.41, 5.74) is 24.2. The molecule has 4 nitrogen and oxygen atoms in total. The molecule has 0 amide bonds. The van der Waals surface area contributed by atoms with Crippen LogP contribution in [-0.2, 0) is 0 Å². The summed E-state index contributed by atoms with van der Waals surface area (Å²) >= 11 is 56.2. The number of H-pyrrole nitrogens is 2. The monoisotopic (exact) mass is 1490 g/mol. The lowest BCUT2D eigenvalue weighted by Crippen LogP contribution is -2.23. The number of fused-ring (bicyclic) bond motifs is 10. The van der Waals surface area contributed by atoms with E-state index in [1.807, 2.05) is 121 Å². The van der Waals surface area contributed by atoms with Crippen LogP contribution in [0.5, 0.6) is 0 Å². The van der Waals surface area contributed by atoms with Gasteiger partial charge in [-0.05, 0) is 164 Å². The zero-order chi connectivity index (χ0) is 70.7. The Hall–Kier alpha value is -10.4. The molecule has 3 aliphatic rings. The summed E-state index contributed by atoms with van der Waals surface area (Å²) in [6.07, 6.45) is 0. The standard InChI is InChI=1S/C92H54Cl8N4/c93-65-37-21-57(22-38-65)73-75(59-25-41-67(95)42-26-59)87-82(54-15-7-2-8-16-54)89-77(61-29-45-69(97)46-30-61)79(63-33-49-71(99)50-34-63)91(103-89)84(56-19-11-4-12-20-56)92-80(64-35-51-72(100)52-36-64)78(62-31-47-70(98)48-32-62)90(104-92)83(55-17-9-3-10-18-55)88-76(60-27-43-68(96)44-28-60)74(58-23-39-66(94)40-24-58)86(102-88)81(85(73)101-87)53-13-5-1-6-14-53/h1-52,101,104H. The van der Waals surface area contributed by atoms with E-state index in [1.165, 1.54) is 0 Å². The van der Waals surface area contributed by atoms with E-state index < -0.39 is 0 Å². The second kappa shape index (κ2) is 28.3. The minimum atomic E-state index is 0.570. The molecule has 2 N–H and O–H groups in total. The first kappa shape index (κ1) is 66.8. The minimum absolute atomic E-state index is 0.570. The van der Waals surface area contributed by atoms with Crippen molar-refractivity contribution < 1.29 is 0 Å². The fraction of sp³-hybridized carbons (Fsp3) is 0. The van der Waals surface area contributed by atoms with E-state index in [1.54, 1.807) is 0 Å². The fourth-order valence-corrected chi connectivity index (χ4v) is 15.6. The summed E-state index contributed by atoms with van der Waals surface area (Å²) in [6, 6.07) is 107. The summed E-state index contributed by atoms with van der Waals surface area (Å²) in [5.74, 6) is 0. The molecule has 17 rings (SSSR count). The van der Waals surface area contributed by atoms with Crippen molar-refractivity contribution in [3.05, 3.63) is 434 Å². The van der Waals surface area contributed by atoms with Crippen LogP contribution in [0.4, 0.5) is 0 Å². The topological polar surface area (TPSA) is 56.3 Å². The molecule has 8 bridgehead atoms. The van der Waals surface area contributed by atoms with Gasteiger partial charge in [0.1, 0.15) is 0 Å². The highest BCUT2D eigenvalue weighted by Crippen LogP contribution is 2.55. The largest absolute Gasteiger partial charge is 0.353 e. The van der Waals surface area contributed by atoms with Gasteiger partial charge in [-0.3, -0.25) is 0 Å². The Labute approximate surface area is 641 Å². The number of rotatable bonds is 12. The van der Waals surface area contributed by atoms with Gasteiger partial charge in [0.05, 0.1) is 44.9 Å². The van der Waals surface area contributed by atoms with E-state index >= 15 is 0 Å².